The maximum Gasteiger partial charge on any atom is 0.225 e. The molecule has 0 heterocycles. The molecular formula is C14H26BrNO. The average molecular weight is 304 g/mol. The van der Waals surface area contributed by atoms with Crippen LogP contribution < -0.4 is 5.32 Å². The van der Waals surface area contributed by atoms with E-state index in [1.165, 1.54) is 19.3 Å². The largest absolute Gasteiger partial charge is 0.355 e. The number of carbonyl (C=O) groups excluding carboxylic acids is 1. The number of rotatable bonds is 5. The Hall–Kier alpha value is -0.0500. The summed E-state index contributed by atoms with van der Waals surface area (Å²) in [5.41, 5.74) is -0.108. The molecule has 0 radical (unpaired) electrons. The Labute approximate surface area is 114 Å². The van der Waals surface area contributed by atoms with Crippen molar-refractivity contribution in [2.24, 2.45) is 11.3 Å². The van der Waals surface area contributed by atoms with E-state index in [1.54, 1.807) is 0 Å². The van der Waals surface area contributed by atoms with Gasteiger partial charge < -0.3 is 5.32 Å². The molecule has 1 rings (SSSR count). The van der Waals surface area contributed by atoms with Crippen molar-refractivity contribution in [2.45, 2.75) is 64.1 Å². The standard InChI is InChI=1S/C14H26BrNO/c1-11(2)9-12(15)10-16-13(17)14(3)7-5-4-6-8-14/h11-12H,4-10H2,1-3H3,(H,16,17). The molecule has 3 heteroatoms. The van der Waals surface area contributed by atoms with Crippen LogP contribution in [0.1, 0.15) is 59.3 Å². The summed E-state index contributed by atoms with van der Waals surface area (Å²) in [5, 5.41) is 3.11. The Balaban J connectivity index is 2.33. The van der Waals surface area contributed by atoms with Crippen LogP contribution in [0.5, 0.6) is 0 Å². The molecule has 17 heavy (non-hydrogen) atoms. The zero-order valence-electron chi connectivity index (χ0n) is 11.4. The molecule has 2 nitrogen and oxygen atoms in total. The van der Waals surface area contributed by atoms with E-state index in [0.29, 0.717) is 10.7 Å². The second-order valence-corrected chi connectivity index (χ2v) is 7.35. The summed E-state index contributed by atoms with van der Waals surface area (Å²) in [6.45, 7) is 7.29. The lowest BCUT2D eigenvalue weighted by Crippen LogP contribution is -2.42. The molecular weight excluding hydrogens is 278 g/mol. The molecule has 0 aromatic rings. The molecule has 0 aliphatic heterocycles. The highest BCUT2D eigenvalue weighted by Gasteiger charge is 2.34. The van der Waals surface area contributed by atoms with Gasteiger partial charge in [-0.3, -0.25) is 4.79 Å². The first-order valence-electron chi connectivity index (χ1n) is 6.86. The van der Waals surface area contributed by atoms with Gasteiger partial charge in [-0.25, -0.2) is 0 Å². The van der Waals surface area contributed by atoms with E-state index in [4.69, 9.17) is 0 Å². The van der Waals surface area contributed by atoms with Crippen molar-refractivity contribution in [3.05, 3.63) is 0 Å². The topological polar surface area (TPSA) is 29.1 Å². The molecule has 0 saturated heterocycles. The van der Waals surface area contributed by atoms with E-state index in [9.17, 15) is 4.79 Å². The Kier molecular flexibility index (Phi) is 5.98. The maximum atomic E-state index is 12.2. The molecule has 0 aromatic carbocycles. The number of carbonyl (C=O) groups is 1. The molecule has 1 unspecified atom stereocenters. The van der Waals surface area contributed by atoms with E-state index in [1.807, 2.05) is 0 Å². The highest BCUT2D eigenvalue weighted by molar-refractivity contribution is 9.09. The lowest BCUT2D eigenvalue weighted by Gasteiger charge is -2.32. The predicted octanol–water partition coefficient (Wildman–Crippen LogP) is 3.88. The van der Waals surface area contributed by atoms with Crippen molar-refractivity contribution in [3.8, 4) is 0 Å². The van der Waals surface area contributed by atoms with Crippen molar-refractivity contribution in [1.82, 2.24) is 5.32 Å². The first-order chi connectivity index (χ1) is 7.94. The number of amides is 1. The zero-order chi connectivity index (χ0) is 12.9. The van der Waals surface area contributed by atoms with Gasteiger partial charge in [0.05, 0.1) is 0 Å². The number of nitrogens with one attached hydrogen (secondary N) is 1. The van der Waals surface area contributed by atoms with E-state index in [-0.39, 0.29) is 11.3 Å². The van der Waals surface area contributed by atoms with Gasteiger partial charge in [0, 0.05) is 16.8 Å². The van der Waals surface area contributed by atoms with Crippen LogP contribution in [-0.2, 0) is 4.79 Å². The SMILES string of the molecule is CC(C)CC(Br)CNC(=O)C1(C)CCCCC1. The first-order valence-corrected chi connectivity index (χ1v) is 7.78. The summed E-state index contributed by atoms with van der Waals surface area (Å²) >= 11 is 3.63. The third-order valence-corrected chi connectivity index (χ3v) is 4.41. The molecule has 0 bridgehead atoms. The summed E-state index contributed by atoms with van der Waals surface area (Å²) in [6.07, 6.45) is 6.90. The van der Waals surface area contributed by atoms with Crippen molar-refractivity contribution < 1.29 is 4.79 Å². The molecule has 1 N–H and O–H groups in total. The van der Waals surface area contributed by atoms with Crippen LogP contribution in [0.15, 0.2) is 0 Å². The molecule has 0 spiro atoms. The van der Waals surface area contributed by atoms with E-state index in [0.717, 1.165) is 25.8 Å². The fraction of sp³-hybridized carbons (Fsp3) is 0.929. The highest BCUT2D eigenvalue weighted by Crippen LogP contribution is 2.35. The lowest BCUT2D eigenvalue weighted by molar-refractivity contribution is -0.131. The van der Waals surface area contributed by atoms with Gasteiger partial charge in [0.2, 0.25) is 5.91 Å². The molecule has 1 atom stereocenters. The minimum absolute atomic E-state index is 0.108. The summed E-state index contributed by atoms with van der Waals surface area (Å²) < 4.78 is 0. The molecule has 0 aromatic heterocycles. The Morgan fingerprint density at radius 2 is 1.88 bits per heavy atom. The van der Waals surface area contributed by atoms with Gasteiger partial charge >= 0.3 is 0 Å². The smallest absolute Gasteiger partial charge is 0.225 e. The van der Waals surface area contributed by atoms with Crippen LogP contribution in [-0.4, -0.2) is 17.3 Å². The Bertz CT molecular complexity index is 247. The molecule has 1 fully saturated rings. The highest BCUT2D eigenvalue weighted by atomic mass is 79.9. The number of alkyl halides is 1. The minimum Gasteiger partial charge on any atom is -0.355 e. The summed E-state index contributed by atoms with van der Waals surface area (Å²) in [5.74, 6) is 0.923. The van der Waals surface area contributed by atoms with Gasteiger partial charge in [0.15, 0.2) is 0 Å². The summed E-state index contributed by atoms with van der Waals surface area (Å²) in [6, 6.07) is 0. The molecule has 1 amide bonds. The van der Waals surface area contributed by atoms with Crippen LogP contribution in [0.2, 0.25) is 0 Å². The zero-order valence-corrected chi connectivity index (χ0v) is 13.0. The van der Waals surface area contributed by atoms with Crippen molar-refractivity contribution in [2.75, 3.05) is 6.54 Å². The Morgan fingerprint density at radius 3 is 2.41 bits per heavy atom. The second kappa shape index (κ2) is 6.77. The van der Waals surface area contributed by atoms with E-state index >= 15 is 0 Å². The van der Waals surface area contributed by atoms with Crippen LogP contribution >= 0.6 is 15.9 Å². The maximum absolute atomic E-state index is 12.2. The fourth-order valence-electron chi connectivity index (χ4n) is 2.57. The normalized spacial score (nSPS) is 21.2. The number of hydrogen-bond acceptors (Lipinski definition) is 1. The van der Waals surface area contributed by atoms with Gasteiger partial charge in [-0.05, 0) is 25.2 Å². The van der Waals surface area contributed by atoms with Crippen molar-refractivity contribution >= 4 is 21.8 Å². The van der Waals surface area contributed by atoms with Crippen LogP contribution in [0.4, 0.5) is 0 Å². The quantitative estimate of drug-likeness (QED) is 0.767. The summed E-state index contributed by atoms with van der Waals surface area (Å²) in [4.78, 5) is 12.6. The lowest BCUT2D eigenvalue weighted by atomic mass is 9.75. The molecule has 1 saturated carbocycles. The van der Waals surface area contributed by atoms with Crippen LogP contribution in [0.25, 0.3) is 0 Å². The van der Waals surface area contributed by atoms with Crippen molar-refractivity contribution in [1.29, 1.82) is 0 Å². The van der Waals surface area contributed by atoms with Crippen molar-refractivity contribution in [3.63, 3.8) is 0 Å². The minimum atomic E-state index is -0.108. The Morgan fingerprint density at radius 1 is 1.29 bits per heavy atom. The number of halogens is 1. The predicted molar refractivity (Wildman–Crippen MR) is 76.4 cm³/mol. The average Bonchev–Trinajstić information content (AvgIpc) is 2.26. The fourth-order valence-corrected chi connectivity index (χ4v) is 3.48. The van der Waals surface area contributed by atoms with Crippen LogP contribution in [0, 0.1) is 11.3 Å². The monoisotopic (exact) mass is 303 g/mol. The van der Waals surface area contributed by atoms with Crippen LogP contribution in [0.3, 0.4) is 0 Å². The molecule has 1 aliphatic carbocycles. The van der Waals surface area contributed by atoms with Gasteiger partial charge in [0.25, 0.3) is 0 Å². The van der Waals surface area contributed by atoms with E-state index < -0.39 is 0 Å². The van der Waals surface area contributed by atoms with E-state index in [2.05, 4.69) is 42.0 Å². The van der Waals surface area contributed by atoms with Gasteiger partial charge in [-0.2, -0.15) is 0 Å². The van der Waals surface area contributed by atoms with Gasteiger partial charge in [0.1, 0.15) is 0 Å². The number of hydrogen-bond donors (Lipinski definition) is 1. The summed E-state index contributed by atoms with van der Waals surface area (Å²) in [7, 11) is 0. The van der Waals surface area contributed by atoms with Gasteiger partial charge in [-0.15, -0.1) is 0 Å². The molecule has 100 valence electrons. The third kappa shape index (κ3) is 4.99. The third-order valence-electron chi connectivity index (χ3n) is 3.72. The molecule has 1 aliphatic rings. The van der Waals surface area contributed by atoms with Gasteiger partial charge in [-0.1, -0.05) is 56.0 Å². The first kappa shape index (κ1) is 15.0. The second-order valence-electron chi connectivity index (χ2n) is 6.06.